The molecule has 2 fully saturated rings. The summed E-state index contributed by atoms with van der Waals surface area (Å²) < 4.78 is 29.7. The Morgan fingerprint density at radius 1 is 1.16 bits per heavy atom. The summed E-state index contributed by atoms with van der Waals surface area (Å²) in [5.74, 6) is 0.334. The third-order valence-corrected chi connectivity index (χ3v) is 7.45. The van der Waals surface area contributed by atoms with Crippen LogP contribution < -0.4 is 0 Å². The van der Waals surface area contributed by atoms with Gasteiger partial charge in [-0.2, -0.15) is 0 Å². The monoisotopic (exact) mass is 286 g/mol. The molecular formula is C15H26O3S. The van der Waals surface area contributed by atoms with Crippen molar-refractivity contribution in [3.8, 4) is 0 Å². The van der Waals surface area contributed by atoms with Crippen molar-refractivity contribution in [1.82, 2.24) is 0 Å². The van der Waals surface area contributed by atoms with Crippen LogP contribution in [-0.2, 0) is 14.6 Å². The third-order valence-electron chi connectivity index (χ3n) is 4.69. The van der Waals surface area contributed by atoms with Gasteiger partial charge in [-0.3, -0.25) is 0 Å². The van der Waals surface area contributed by atoms with Gasteiger partial charge in [-0.1, -0.05) is 19.8 Å². The summed E-state index contributed by atoms with van der Waals surface area (Å²) in [4.78, 5) is 0. The molecule has 0 radical (unpaired) electrons. The maximum Gasteiger partial charge on any atom is 0.159 e. The first-order valence-electron chi connectivity index (χ1n) is 7.61. The van der Waals surface area contributed by atoms with Crippen molar-refractivity contribution in [1.29, 1.82) is 0 Å². The number of allylic oxidation sites excluding steroid dienone is 1. The standard InChI is InChI=1S/C15H26O3S/c1-2-15(10-6-7-11-19(15,16)17)13-18-12-14-8-4-3-5-9-14/h12H,2-11,13H2,1H3. The molecule has 1 heterocycles. The van der Waals surface area contributed by atoms with E-state index in [0.29, 0.717) is 18.8 Å². The van der Waals surface area contributed by atoms with E-state index in [-0.39, 0.29) is 0 Å². The third kappa shape index (κ3) is 3.33. The fourth-order valence-corrected chi connectivity index (χ4v) is 5.37. The minimum Gasteiger partial charge on any atom is -0.500 e. The van der Waals surface area contributed by atoms with Crippen LogP contribution in [0.3, 0.4) is 0 Å². The van der Waals surface area contributed by atoms with Crippen LogP contribution in [0.1, 0.15) is 64.7 Å². The summed E-state index contributed by atoms with van der Waals surface area (Å²) in [6.45, 7) is 2.31. The lowest BCUT2D eigenvalue weighted by Gasteiger charge is -2.35. The van der Waals surface area contributed by atoms with Gasteiger partial charge in [-0.15, -0.1) is 0 Å². The molecule has 19 heavy (non-hydrogen) atoms. The second-order valence-corrected chi connectivity index (χ2v) is 8.46. The van der Waals surface area contributed by atoms with Gasteiger partial charge in [-0.05, 0) is 50.5 Å². The molecule has 1 atom stereocenters. The summed E-state index contributed by atoms with van der Waals surface area (Å²) in [7, 11) is -2.99. The lowest BCUT2D eigenvalue weighted by molar-refractivity contribution is 0.188. The van der Waals surface area contributed by atoms with Gasteiger partial charge in [-0.25, -0.2) is 8.42 Å². The molecule has 3 nitrogen and oxygen atoms in total. The van der Waals surface area contributed by atoms with E-state index in [9.17, 15) is 8.42 Å². The Balaban J connectivity index is 1.98. The van der Waals surface area contributed by atoms with Crippen molar-refractivity contribution < 1.29 is 13.2 Å². The number of rotatable bonds is 4. The molecule has 1 unspecified atom stereocenters. The normalized spacial score (nSPS) is 30.9. The summed E-state index contributed by atoms with van der Waals surface area (Å²) >= 11 is 0. The smallest absolute Gasteiger partial charge is 0.159 e. The molecule has 0 aromatic carbocycles. The Kier molecular flexibility index (Phi) is 4.93. The summed E-state index contributed by atoms with van der Waals surface area (Å²) in [5, 5.41) is 0. The van der Waals surface area contributed by atoms with Crippen LogP contribution >= 0.6 is 0 Å². The topological polar surface area (TPSA) is 43.4 Å². The van der Waals surface area contributed by atoms with E-state index >= 15 is 0 Å². The van der Waals surface area contributed by atoms with E-state index in [0.717, 1.165) is 32.1 Å². The largest absolute Gasteiger partial charge is 0.500 e. The molecule has 2 rings (SSSR count). The predicted molar refractivity (Wildman–Crippen MR) is 77.8 cm³/mol. The van der Waals surface area contributed by atoms with Gasteiger partial charge in [0.05, 0.1) is 12.0 Å². The number of hydrogen-bond acceptors (Lipinski definition) is 3. The van der Waals surface area contributed by atoms with E-state index in [1.807, 2.05) is 13.2 Å². The predicted octanol–water partition coefficient (Wildman–Crippen LogP) is 3.60. The molecule has 0 aromatic heterocycles. The Morgan fingerprint density at radius 2 is 1.89 bits per heavy atom. The summed E-state index contributed by atoms with van der Waals surface area (Å²) in [6.07, 6.45) is 11.1. The zero-order valence-electron chi connectivity index (χ0n) is 12.0. The Bertz CT molecular complexity index is 417. The van der Waals surface area contributed by atoms with E-state index in [1.54, 1.807) is 0 Å². The van der Waals surface area contributed by atoms with Gasteiger partial charge in [0, 0.05) is 0 Å². The highest BCUT2D eigenvalue weighted by Crippen LogP contribution is 2.34. The van der Waals surface area contributed by atoms with Gasteiger partial charge >= 0.3 is 0 Å². The van der Waals surface area contributed by atoms with Gasteiger partial charge in [0.2, 0.25) is 0 Å². The van der Waals surface area contributed by atoms with E-state index in [4.69, 9.17) is 4.74 Å². The molecule has 0 N–H and O–H groups in total. The Morgan fingerprint density at radius 3 is 2.53 bits per heavy atom. The Hall–Kier alpha value is -0.510. The highest BCUT2D eigenvalue weighted by Gasteiger charge is 2.44. The molecule has 0 bridgehead atoms. The first-order chi connectivity index (χ1) is 9.10. The zero-order valence-corrected chi connectivity index (χ0v) is 12.8. The lowest BCUT2D eigenvalue weighted by atomic mass is 9.96. The maximum absolute atomic E-state index is 12.3. The highest BCUT2D eigenvalue weighted by atomic mass is 32.2. The minimum atomic E-state index is -2.99. The molecule has 4 heteroatoms. The van der Waals surface area contributed by atoms with Gasteiger partial charge < -0.3 is 4.74 Å². The summed E-state index contributed by atoms with van der Waals surface area (Å²) in [6, 6.07) is 0. The molecule has 1 saturated carbocycles. The van der Waals surface area contributed by atoms with Crippen molar-refractivity contribution in [2.45, 2.75) is 69.5 Å². The van der Waals surface area contributed by atoms with E-state index in [2.05, 4.69) is 0 Å². The highest BCUT2D eigenvalue weighted by molar-refractivity contribution is 7.92. The lowest BCUT2D eigenvalue weighted by Crippen LogP contribution is -2.46. The van der Waals surface area contributed by atoms with Crippen LogP contribution in [0.25, 0.3) is 0 Å². The average Bonchev–Trinajstić information content (AvgIpc) is 2.42. The molecular weight excluding hydrogens is 260 g/mol. The molecule has 2 aliphatic rings. The quantitative estimate of drug-likeness (QED) is 0.742. The van der Waals surface area contributed by atoms with Crippen molar-refractivity contribution in [2.75, 3.05) is 12.4 Å². The second-order valence-electron chi connectivity index (χ2n) is 5.96. The van der Waals surface area contributed by atoms with Crippen LogP contribution in [0.5, 0.6) is 0 Å². The van der Waals surface area contributed by atoms with Gasteiger partial charge in [0.1, 0.15) is 11.4 Å². The fraction of sp³-hybridized carbons (Fsp3) is 0.867. The van der Waals surface area contributed by atoms with Gasteiger partial charge in [0.15, 0.2) is 9.84 Å². The van der Waals surface area contributed by atoms with Crippen LogP contribution in [0.4, 0.5) is 0 Å². The molecule has 110 valence electrons. The fourth-order valence-electron chi connectivity index (χ4n) is 3.21. The molecule has 1 aliphatic heterocycles. The number of ether oxygens (including phenoxy) is 1. The Labute approximate surface area is 117 Å². The average molecular weight is 286 g/mol. The van der Waals surface area contributed by atoms with Gasteiger partial charge in [0.25, 0.3) is 0 Å². The number of sulfone groups is 1. The number of hydrogen-bond donors (Lipinski definition) is 0. The van der Waals surface area contributed by atoms with Crippen molar-refractivity contribution in [3.05, 3.63) is 11.8 Å². The molecule has 0 amide bonds. The molecule has 1 saturated heterocycles. The first kappa shape index (κ1) is 14.9. The molecule has 1 aliphatic carbocycles. The van der Waals surface area contributed by atoms with Crippen molar-refractivity contribution in [3.63, 3.8) is 0 Å². The van der Waals surface area contributed by atoms with E-state index in [1.165, 1.54) is 24.8 Å². The van der Waals surface area contributed by atoms with Crippen molar-refractivity contribution >= 4 is 9.84 Å². The first-order valence-corrected chi connectivity index (χ1v) is 9.27. The van der Waals surface area contributed by atoms with Crippen LogP contribution in [0.15, 0.2) is 11.8 Å². The molecule has 0 aromatic rings. The van der Waals surface area contributed by atoms with Crippen LogP contribution in [0, 0.1) is 0 Å². The maximum atomic E-state index is 12.3. The summed E-state index contributed by atoms with van der Waals surface area (Å²) in [5.41, 5.74) is 1.35. The SMILES string of the molecule is CCC1(COC=C2CCCCC2)CCCCS1(=O)=O. The molecule has 0 spiro atoms. The van der Waals surface area contributed by atoms with Crippen molar-refractivity contribution in [2.24, 2.45) is 0 Å². The van der Waals surface area contributed by atoms with Crippen LogP contribution in [0.2, 0.25) is 0 Å². The van der Waals surface area contributed by atoms with Crippen LogP contribution in [-0.4, -0.2) is 25.5 Å². The zero-order chi connectivity index (χ0) is 13.8. The minimum absolute atomic E-state index is 0.334. The van der Waals surface area contributed by atoms with E-state index < -0.39 is 14.6 Å². The second kappa shape index (κ2) is 6.29.